The van der Waals surface area contributed by atoms with E-state index in [4.69, 9.17) is 4.74 Å². The SMILES string of the molecule is CCC(CC(=O)NC1CCCC(C(=O)O)C1)NC(=O)OCC1c2ccccc2-c2ccccc21. The van der Waals surface area contributed by atoms with Gasteiger partial charge in [-0.15, -0.1) is 0 Å². The van der Waals surface area contributed by atoms with Gasteiger partial charge in [-0.25, -0.2) is 4.79 Å². The van der Waals surface area contributed by atoms with E-state index in [0.29, 0.717) is 19.3 Å². The second-order valence-electron chi connectivity index (χ2n) is 9.25. The summed E-state index contributed by atoms with van der Waals surface area (Å²) < 4.78 is 5.60. The van der Waals surface area contributed by atoms with Gasteiger partial charge >= 0.3 is 12.1 Å². The minimum Gasteiger partial charge on any atom is -0.481 e. The Hall–Kier alpha value is -3.35. The third-order valence-electron chi connectivity index (χ3n) is 6.98. The Bertz CT molecular complexity index is 1010. The molecule has 0 bridgehead atoms. The van der Waals surface area contributed by atoms with Crippen LogP contribution < -0.4 is 10.6 Å². The Kier molecular flexibility index (Phi) is 7.50. The van der Waals surface area contributed by atoms with E-state index in [1.807, 2.05) is 31.2 Å². The van der Waals surface area contributed by atoms with Crippen LogP contribution in [0.15, 0.2) is 48.5 Å². The Balaban J connectivity index is 1.28. The summed E-state index contributed by atoms with van der Waals surface area (Å²) in [4.78, 5) is 36.3. The lowest BCUT2D eigenvalue weighted by Gasteiger charge is -2.28. The van der Waals surface area contributed by atoms with Gasteiger partial charge in [0.1, 0.15) is 6.61 Å². The van der Waals surface area contributed by atoms with Crippen molar-refractivity contribution in [2.24, 2.45) is 5.92 Å². The smallest absolute Gasteiger partial charge is 0.407 e. The molecule has 2 aromatic carbocycles. The van der Waals surface area contributed by atoms with Crippen LogP contribution in [-0.2, 0) is 14.3 Å². The molecule has 2 amide bonds. The van der Waals surface area contributed by atoms with Crippen molar-refractivity contribution in [1.29, 1.82) is 0 Å². The normalized spacial score (nSPS) is 20.0. The summed E-state index contributed by atoms with van der Waals surface area (Å²) in [5.74, 6) is -1.40. The Morgan fingerprint density at radius 2 is 1.68 bits per heavy atom. The molecule has 3 N–H and O–H groups in total. The van der Waals surface area contributed by atoms with Crippen LogP contribution in [0.5, 0.6) is 0 Å². The number of rotatable bonds is 8. The Labute approximate surface area is 199 Å². The van der Waals surface area contributed by atoms with Gasteiger partial charge in [0, 0.05) is 24.4 Å². The second kappa shape index (κ2) is 10.7. The van der Waals surface area contributed by atoms with E-state index in [9.17, 15) is 19.5 Å². The lowest BCUT2D eigenvalue weighted by Crippen LogP contribution is -2.44. The van der Waals surface area contributed by atoms with Crippen LogP contribution in [0.4, 0.5) is 4.79 Å². The van der Waals surface area contributed by atoms with Crippen LogP contribution >= 0.6 is 0 Å². The summed E-state index contributed by atoms with van der Waals surface area (Å²) in [5, 5.41) is 15.0. The number of benzene rings is 2. The largest absolute Gasteiger partial charge is 0.481 e. The minimum absolute atomic E-state index is 0.0185. The molecular weight excluding hydrogens is 432 g/mol. The Morgan fingerprint density at radius 1 is 1.03 bits per heavy atom. The number of nitrogens with one attached hydrogen (secondary N) is 2. The monoisotopic (exact) mass is 464 g/mol. The maximum Gasteiger partial charge on any atom is 0.407 e. The molecule has 0 radical (unpaired) electrons. The van der Waals surface area contributed by atoms with Crippen molar-refractivity contribution in [3.63, 3.8) is 0 Å². The third-order valence-corrected chi connectivity index (χ3v) is 6.98. The molecule has 7 nitrogen and oxygen atoms in total. The van der Waals surface area contributed by atoms with Crippen LogP contribution in [0.25, 0.3) is 11.1 Å². The number of carbonyl (C=O) groups excluding carboxylic acids is 2. The summed E-state index contributed by atoms with van der Waals surface area (Å²) in [6.07, 6.45) is 2.86. The summed E-state index contributed by atoms with van der Waals surface area (Å²) in [7, 11) is 0. The zero-order valence-corrected chi connectivity index (χ0v) is 19.5. The van der Waals surface area contributed by atoms with Gasteiger partial charge in [-0.2, -0.15) is 0 Å². The lowest BCUT2D eigenvalue weighted by molar-refractivity contribution is -0.143. The fourth-order valence-corrected chi connectivity index (χ4v) is 5.16. The maximum absolute atomic E-state index is 12.6. The van der Waals surface area contributed by atoms with E-state index < -0.39 is 18.0 Å². The molecule has 3 unspecified atom stereocenters. The van der Waals surface area contributed by atoms with E-state index >= 15 is 0 Å². The first-order chi connectivity index (χ1) is 16.5. The van der Waals surface area contributed by atoms with E-state index in [1.165, 1.54) is 11.1 Å². The lowest BCUT2D eigenvalue weighted by atomic mass is 9.85. The minimum atomic E-state index is -0.803. The highest BCUT2D eigenvalue weighted by Crippen LogP contribution is 2.44. The van der Waals surface area contributed by atoms with Gasteiger partial charge in [-0.05, 0) is 47.9 Å². The average Bonchev–Trinajstić information content (AvgIpc) is 3.16. The fraction of sp³-hybridized carbons (Fsp3) is 0.444. The van der Waals surface area contributed by atoms with Gasteiger partial charge in [0.2, 0.25) is 5.91 Å². The van der Waals surface area contributed by atoms with E-state index in [-0.39, 0.29) is 36.9 Å². The summed E-state index contributed by atoms with van der Waals surface area (Å²) >= 11 is 0. The molecule has 180 valence electrons. The zero-order valence-electron chi connectivity index (χ0n) is 19.5. The number of carbonyl (C=O) groups is 3. The number of carboxylic acid groups (broad SMARTS) is 1. The van der Waals surface area contributed by atoms with Crippen molar-refractivity contribution in [3.8, 4) is 11.1 Å². The van der Waals surface area contributed by atoms with Crippen molar-refractivity contribution >= 4 is 18.0 Å². The predicted molar refractivity (Wildman–Crippen MR) is 128 cm³/mol. The van der Waals surface area contributed by atoms with Crippen LogP contribution in [0, 0.1) is 5.92 Å². The molecule has 0 aromatic heterocycles. The molecule has 34 heavy (non-hydrogen) atoms. The predicted octanol–water partition coefficient (Wildman–Crippen LogP) is 4.45. The van der Waals surface area contributed by atoms with Gasteiger partial charge in [0.15, 0.2) is 0 Å². The zero-order chi connectivity index (χ0) is 24.1. The van der Waals surface area contributed by atoms with E-state index in [1.54, 1.807) is 0 Å². The molecular formula is C27H32N2O5. The molecule has 2 aliphatic rings. The van der Waals surface area contributed by atoms with Crippen molar-refractivity contribution in [1.82, 2.24) is 10.6 Å². The highest BCUT2D eigenvalue weighted by atomic mass is 16.5. The maximum atomic E-state index is 12.6. The molecule has 0 aliphatic heterocycles. The van der Waals surface area contributed by atoms with Gasteiger partial charge in [-0.1, -0.05) is 61.9 Å². The molecule has 1 fully saturated rings. The van der Waals surface area contributed by atoms with Crippen LogP contribution in [0.2, 0.25) is 0 Å². The van der Waals surface area contributed by atoms with Gasteiger partial charge < -0.3 is 20.5 Å². The third kappa shape index (κ3) is 5.41. The summed E-state index contributed by atoms with van der Waals surface area (Å²) in [6, 6.07) is 15.8. The first kappa shape index (κ1) is 23.8. The number of ether oxygens (including phenoxy) is 1. The molecule has 4 rings (SSSR count). The number of hydrogen-bond donors (Lipinski definition) is 3. The topological polar surface area (TPSA) is 105 Å². The van der Waals surface area contributed by atoms with Crippen LogP contribution in [-0.4, -0.2) is 41.8 Å². The number of carboxylic acids is 1. The van der Waals surface area contributed by atoms with Crippen molar-refractivity contribution in [2.45, 2.75) is 63.5 Å². The van der Waals surface area contributed by atoms with E-state index in [0.717, 1.165) is 24.0 Å². The molecule has 7 heteroatoms. The summed E-state index contributed by atoms with van der Waals surface area (Å²) in [5.41, 5.74) is 4.64. The fourth-order valence-electron chi connectivity index (χ4n) is 5.16. The van der Waals surface area contributed by atoms with Crippen molar-refractivity contribution < 1.29 is 24.2 Å². The highest BCUT2D eigenvalue weighted by Gasteiger charge is 2.30. The summed E-state index contributed by atoms with van der Waals surface area (Å²) in [6.45, 7) is 2.13. The molecule has 0 heterocycles. The van der Waals surface area contributed by atoms with Crippen LogP contribution in [0.3, 0.4) is 0 Å². The van der Waals surface area contributed by atoms with Crippen LogP contribution in [0.1, 0.15) is 62.5 Å². The number of fused-ring (bicyclic) bond motifs is 3. The molecule has 3 atom stereocenters. The Morgan fingerprint density at radius 3 is 2.29 bits per heavy atom. The van der Waals surface area contributed by atoms with Crippen molar-refractivity contribution in [2.75, 3.05) is 6.61 Å². The standard InChI is InChI=1S/C27H32N2O5/c1-2-18(15-25(30)28-19-9-7-8-17(14-19)26(31)32)29-27(33)34-16-24-22-12-5-3-10-20(22)21-11-4-6-13-23(21)24/h3-6,10-13,17-19,24H,2,7-9,14-16H2,1H3,(H,28,30)(H,29,33)(H,31,32). The number of alkyl carbamates (subject to hydrolysis) is 1. The van der Waals surface area contributed by atoms with E-state index in [2.05, 4.69) is 34.9 Å². The number of aliphatic carboxylic acids is 1. The molecule has 0 saturated heterocycles. The molecule has 2 aromatic rings. The highest BCUT2D eigenvalue weighted by molar-refractivity contribution is 5.80. The average molecular weight is 465 g/mol. The molecule has 1 saturated carbocycles. The quantitative estimate of drug-likeness (QED) is 0.535. The van der Waals surface area contributed by atoms with Gasteiger partial charge in [0.05, 0.1) is 5.92 Å². The van der Waals surface area contributed by atoms with Gasteiger partial charge in [0.25, 0.3) is 0 Å². The number of hydrogen-bond acceptors (Lipinski definition) is 4. The first-order valence-corrected chi connectivity index (χ1v) is 12.1. The molecule has 2 aliphatic carbocycles. The second-order valence-corrected chi connectivity index (χ2v) is 9.25. The van der Waals surface area contributed by atoms with Crippen molar-refractivity contribution in [3.05, 3.63) is 59.7 Å². The molecule has 0 spiro atoms. The first-order valence-electron chi connectivity index (χ1n) is 12.1. The number of amides is 2. The van der Waals surface area contributed by atoms with Gasteiger partial charge in [-0.3, -0.25) is 9.59 Å².